The van der Waals surface area contributed by atoms with E-state index in [2.05, 4.69) is 16.0 Å². The molecule has 11 heteroatoms. The Bertz CT molecular complexity index is 1250. The zero-order chi connectivity index (χ0) is 31.0. The summed E-state index contributed by atoms with van der Waals surface area (Å²) in [7, 11) is 1.67. The fourth-order valence-electron chi connectivity index (χ4n) is 4.84. The van der Waals surface area contributed by atoms with Crippen LogP contribution >= 0.6 is 0 Å². The number of likely N-dealkylation sites (tertiary alicyclic amines) is 1. The van der Waals surface area contributed by atoms with E-state index in [9.17, 15) is 28.0 Å². The van der Waals surface area contributed by atoms with Gasteiger partial charge in [0, 0.05) is 31.4 Å². The predicted molar refractivity (Wildman–Crippen MR) is 156 cm³/mol. The molecule has 1 fully saturated rings. The second kappa shape index (κ2) is 14.4. The summed E-state index contributed by atoms with van der Waals surface area (Å²) in [6.07, 6.45) is 1.68. The molecule has 1 heterocycles. The smallest absolute Gasteiger partial charge is 0.313 e. The predicted octanol–water partition coefficient (Wildman–Crippen LogP) is 3.10. The Hall–Kier alpha value is -3.86. The molecule has 228 valence electrons. The molecule has 0 bridgehead atoms. The van der Waals surface area contributed by atoms with Crippen LogP contribution < -0.4 is 16.0 Å². The van der Waals surface area contributed by atoms with Crippen LogP contribution in [0.2, 0.25) is 0 Å². The largest absolute Gasteiger partial charge is 0.342 e. The van der Waals surface area contributed by atoms with Gasteiger partial charge in [-0.2, -0.15) is 0 Å². The van der Waals surface area contributed by atoms with Gasteiger partial charge in [-0.3, -0.25) is 19.2 Å². The minimum atomic E-state index is -0.891. The molecule has 0 aromatic heterocycles. The molecule has 2 aromatic carbocycles. The van der Waals surface area contributed by atoms with Crippen LogP contribution in [0.5, 0.6) is 0 Å². The average molecular weight is 586 g/mol. The summed E-state index contributed by atoms with van der Waals surface area (Å²) in [5.74, 6) is -3.09. The van der Waals surface area contributed by atoms with Gasteiger partial charge in [-0.05, 0) is 80.6 Å². The Morgan fingerprint density at radius 1 is 1.00 bits per heavy atom. The van der Waals surface area contributed by atoms with Crippen molar-refractivity contribution in [3.8, 4) is 0 Å². The molecular formula is C31H41F2N5O4. The molecule has 1 aliphatic heterocycles. The van der Waals surface area contributed by atoms with Gasteiger partial charge in [0.15, 0.2) is 0 Å². The number of likely N-dealkylation sites (N-methyl/N-ethyl adjacent to an activating group) is 1. The van der Waals surface area contributed by atoms with E-state index in [0.29, 0.717) is 25.8 Å². The summed E-state index contributed by atoms with van der Waals surface area (Å²) in [6.45, 7) is 8.05. The fraction of sp³-hybridized carbons (Fsp3) is 0.484. The average Bonchev–Trinajstić information content (AvgIpc) is 3.42. The van der Waals surface area contributed by atoms with E-state index in [-0.39, 0.29) is 42.5 Å². The molecule has 3 N–H and O–H groups in total. The lowest BCUT2D eigenvalue weighted by Crippen LogP contribution is -2.59. The molecule has 0 saturated carbocycles. The minimum absolute atomic E-state index is 0.0976. The second-order valence-electron chi connectivity index (χ2n) is 11.7. The molecule has 1 aliphatic rings. The molecule has 4 amide bonds. The van der Waals surface area contributed by atoms with Gasteiger partial charge in [0.2, 0.25) is 11.8 Å². The van der Waals surface area contributed by atoms with E-state index in [4.69, 9.17) is 0 Å². The number of amides is 4. The third-order valence-corrected chi connectivity index (χ3v) is 7.48. The van der Waals surface area contributed by atoms with Gasteiger partial charge in [0.1, 0.15) is 17.7 Å². The van der Waals surface area contributed by atoms with Gasteiger partial charge in [0.25, 0.3) is 0 Å². The number of nitrogens with zero attached hydrogens (tertiary/aromatic N) is 2. The zero-order valence-electron chi connectivity index (χ0n) is 24.9. The number of nitrogens with one attached hydrogen (secondary N) is 3. The number of hydrogen-bond acceptors (Lipinski definition) is 5. The number of carbonyl (C=O) groups excluding carboxylic acids is 4. The Labute approximate surface area is 246 Å². The molecule has 0 aliphatic carbocycles. The third-order valence-electron chi connectivity index (χ3n) is 7.48. The van der Waals surface area contributed by atoms with Crippen LogP contribution in [-0.2, 0) is 25.6 Å². The van der Waals surface area contributed by atoms with Crippen molar-refractivity contribution in [3.63, 3.8) is 0 Å². The molecule has 2 aromatic rings. The van der Waals surface area contributed by atoms with Crippen LogP contribution in [0, 0.1) is 17.0 Å². The lowest BCUT2D eigenvalue weighted by atomic mass is 9.85. The van der Waals surface area contributed by atoms with E-state index in [1.807, 2.05) is 20.8 Å². The number of benzene rings is 2. The Morgan fingerprint density at radius 3 is 2.17 bits per heavy atom. The van der Waals surface area contributed by atoms with Crippen molar-refractivity contribution in [2.24, 2.45) is 5.41 Å². The summed E-state index contributed by atoms with van der Waals surface area (Å²) in [4.78, 5) is 56.0. The van der Waals surface area contributed by atoms with Gasteiger partial charge < -0.3 is 25.8 Å². The number of anilines is 1. The highest BCUT2D eigenvalue weighted by atomic mass is 19.1. The molecule has 0 radical (unpaired) electrons. The van der Waals surface area contributed by atoms with Crippen molar-refractivity contribution >= 4 is 29.3 Å². The SMILES string of the molecule is CN[C@@H](C)C(=O)N[C@H](C(=O)N1CCC[C@H]1CN(CCc1ccc(F)cc1)C(=O)C(=O)Nc1ccc(F)cc1)C(C)(C)C. The summed E-state index contributed by atoms with van der Waals surface area (Å²) in [5, 5.41) is 8.28. The number of rotatable bonds is 10. The molecule has 3 rings (SSSR count). The normalized spacial score (nSPS) is 16.5. The molecular weight excluding hydrogens is 544 g/mol. The molecule has 0 spiro atoms. The van der Waals surface area contributed by atoms with Crippen molar-refractivity contribution in [2.45, 2.75) is 65.1 Å². The van der Waals surface area contributed by atoms with E-state index in [0.717, 1.165) is 5.56 Å². The first kappa shape index (κ1) is 32.7. The van der Waals surface area contributed by atoms with Crippen molar-refractivity contribution in [1.29, 1.82) is 0 Å². The third kappa shape index (κ3) is 8.82. The van der Waals surface area contributed by atoms with Crippen LogP contribution in [-0.4, -0.2) is 78.2 Å². The van der Waals surface area contributed by atoms with Gasteiger partial charge >= 0.3 is 11.8 Å². The van der Waals surface area contributed by atoms with Crippen LogP contribution in [0.1, 0.15) is 46.1 Å². The maximum Gasteiger partial charge on any atom is 0.313 e. The van der Waals surface area contributed by atoms with Crippen molar-refractivity contribution in [1.82, 2.24) is 20.4 Å². The second-order valence-corrected chi connectivity index (χ2v) is 11.7. The Morgan fingerprint density at radius 2 is 1.60 bits per heavy atom. The van der Waals surface area contributed by atoms with Gasteiger partial charge in [-0.15, -0.1) is 0 Å². The summed E-state index contributed by atoms with van der Waals surface area (Å²) >= 11 is 0. The van der Waals surface area contributed by atoms with Crippen molar-refractivity contribution < 1.29 is 28.0 Å². The van der Waals surface area contributed by atoms with E-state index < -0.39 is 35.1 Å². The molecule has 9 nitrogen and oxygen atoms in total. The monoisotopic (exact) mass is 585 g/mol. The summed E-state index contributed by atoms with van der Waals surface area (Å²) in [6, 6.07) is 9.29. The van der Waals surface area contributed by atoms with Crippen LogP contribution in [0.4, 0.5) is 14.5 Å². The number of carbonyl (C=O) groups is 4. The highest BCUT2D eigenvalue weighted by Crippen LogP contribution is 2.26. The minimum Gasteiger partial charge on any atom is -0.342 e. The molecule has 3 atom stereocenters. The van der Waals surface area contributed by atoms with Crippen LogP contribution in [0.25, 0.3) is 0 Å². The maximum absolute atomic E-state index is 13.9. The lowest BCUT2D eigenvalue weighted by Gasteiger charge is -2.37. The van der Waals surface area contributed by atoms with Crippen molar-refractivity contribution in [3.05, 3.63) is 65.7 Å². The summed E-state index contributed by atoms with van der Waals surface area (Å²) < 4.78 is 26.7. The highest BCUT2D eigenvalue weighted by molar-refractivity contribution is 6.39. The number of halogens is 2. The van der Waals surface area contributed by atoms with E-state index in [1.54, 1.807) is 31.0 Å². The first-order chi connectivity index (χ1) is 19.8. The van der Waals surface area contributed by atoms with Crippen molar-refractivity contribution in [2.75, 3.05) is 32.0 Å². The zero-order valence-corrected chi connectivity index (χ0v) is 24.9. The Balaban J connectivity index is 1.81. The van der Waals surface area contributed by atoms with Crippen LogP contribution in [0.3, 0.4) is 0 Å². The quantitative estimate of drug-likeness (QED) is 0.371. The molecule has 1 saturated heterocycles. The topological polar surface area (TPSA) is 111 Å². The first-order valence-corrected chi connectivity index (χ1v) is 14.2. The standard InChI is InChI=1S/C31H41F2N5O4/c1-20(34-5)27(39)36-26(31(2,3)4)29(41)38-17-6-7-25(38)19-37(18-16-21-8-10-22(32)11-9-21)30(42)28(40)35-24-14-12-23(33)13-15-24/h8-15,20,25-26,34H,6-7,16-19H2,1-5H3,(H,35,40)(H,36,39)/t20-,25-,26+/m0/s1. The van der Waals surface area contributed by atoms with Gasteiger partial charge in [-0.1, -0.05) is 32.9 Å². The Kier molecular flexibility index (Phi) is 11.2. The fourth-order valence-corrected chi connectivity index (χ4v) is 4.84. The van der Waals surface area contributed by atoms with Crippen LogP contribution in [0.15, 0.2) is 48.5 Å². The maximum atomic E-state index is 13.9. The molecule has 0 unspecified atom stereocenters. The first-order valence-electron chi connectivity index (χ1n) is 14.2. The molecule has 42 heavy (non-hydrogen) atoms. The van der Waals surface area contributed by atoms with E-state index in [1.165, 1.54) is 41.3 Å². The number of hydrogen-bond donors (Lipinski definition) is 3. The van der Waals surface area contributed by atoms with Gasteiger partial charge in [-0.25, -0.2) is 8.78 Å². The highest BCUT2D eigenvalue weighted by Gasteiger charge is 2.41. The van der Waals surface area contributed by atoms with E-state index >= 15 is 0 Å². The van der Waals surface area contributed by atoms with Gasteiger partial charge in [0.05, 0.1) is 6.04 Å². The lowest BCUT2D eigenvalue weighted by molar-refractivity contribution is -0.145. The summed E-state index contributed by atoms with van der Waals surface area (Å²) in [5.41, 5.74) is 0.465.